The summed E-state index contributed by atoms with van der Waals surface area (Å²) in [6.07, 6.45) is 0. The molecule has 14 heavy (non-hydrogen) atoms. The maximum Gasteiger partial charge on any atom is 0.167 e. The molecule has 3 N–H and O–H groups in total. The lowest BCUT2D eigenvalue weighted by Crippen LogP contribution is -2.18. The van der Waals surface area contributed by atoms with Crippen molar-refractivity contribution in [1.82, 2.24) is 10.6 Å². The highest BCUT2D eigenvalue weighted by Gasteiger charge is 2.06. The number of amidine groups is 1. The van der Waals surface area contributed by atoms with Gasteiger partial charge in [0.05, 0.1) is 5.69 Å². The average molecular weight is 191 g/mol. The predicted octanol–water partition coefficient (Wildman–Crippen LogP) is 1.44. The van der Waals surface area contributed by atoms with Gasteiger partial charge in [0.1, 0.15) is 5.84 Å². The molecule has 0 spiro atoms. The van der Waals surface area contributed by atoms with Gasteiger partial charge in [-0.25, -0.2) is 0 Å². The predicted molar refractivity (Wildman–Crippen MR) is 50.5 cm³/mol. The normalized spacial score (nSPS) is 10.4. The number of aromatic nitrogens is 1. The Hall–Kier alpha value is -1.88. The van der Waals surface area contributed by atoms with Crippen molar-refractivity contribution in [3.8, 4) is 0 Å². The van der Waals surface area contributed by atoms with Crippen LogP contribution in [0.3, 0.4) is 0 Å². The Labute approximate surface area is 79.8 Å². The summed E-state index contributed by atoms with van der Waals surface area (Å²) in [5.41, 5.74) is 3.75. The number of hydroxylamine groups is 1. The van der Waals surface area contributed by atoms with Gasteiger partial charge < -0.3 is 4.52 Å². The zero-order chi connectivity index (χ0) is 10.1. The quantitative estimate of drug-likeness (QED) is 0.362. The molecule has 0 saturated heterocycles. The molecule has 0 fully saturated rings. The number of fused-ring (bicyclic) bond motifs is 1. The van der Waals surface area contributed by atoms with E-state index in [0.717, 1.165) is 11.1 Å². The van der Waals surface area contributed by atoms with Gasteiger partial charge in [-0.05, 0) is 19.1 Å². The van der Waals surface area contributed by atoms with Gasteiger partial charge >= 0.3 is 0 Å². The van der Waals surface area contributed by atoms with Crippen LogP contribution in [0.1, 0.15) is 11.3 Å². The number of nitrogens with zero attached hydrogens (tertiary/aromatic N) is 1. The zero-order valence-electron chi connectivity index (χ0n) is 7.53. The van der Waals surface area contributed by atoms with Gasteiger partial charge in [0.15, 0.2) is 5.58 Å². The van der Waals surface area contributed by atoms with Crippen LogP contribution in [-0.4, -0.2) is 16.2 Å². The van der Waals surface area contributed by atoms with Crippen molar-refractivity contribution in [1.29, 1.82) is 5.41 Å². The third-order valence-corrected chi connectivity index (χ3v) is 2.05. The van der Waals surface area contributed by atoms with Gasteiger partial charge in [0.2, 0.25) is 0 Å². The van der Waals surface area contributed by atoms with Gasteiger partial charge in [-0.2, -0.15) is 0 Å². The van der Waals surface area contributed by atoms with Crippen molar-refractivity contribution >= 4 is 16.8 Å². The van der Waals surface area contributed by atoms with Crippen LogP contribution >= 0.6 is 0 Å². The molecule has 0 aliphatic heterocycles. The summed E-state index contributed by atoms with van der Waals surface area (Å²) in [6.45, 7) is 1.85. The summed E-state index contributed by atoms with van der Waals surface area (Å²) in [5, 5.41) is 20.6. The third-order valence-electron chi connectivity index (χ3n) is 2.05. The van der Waals surface area contributed by atoms with Crippen LogP contribution in [-0.2, 0) is 0 Å². The first-order valence-corrected chi connectivity index (χ1v) is 4.07. The van der Waals surface area contributed by atoms with Crippen LogP contribution in [0.4, 0.5) is 0 Å². The first-order chi connectivity index (χ1) is 6.72. The molecule has 0 bridgehead atoms. The molecule has 0 amide bonds. The molecule has 0 unspecified atom stereocenters. The second-order valence-electron chi connectivity index (χ2n) is 2.97. The maximum absolute atomic E-state index is 8.54. The Morgan fingerprint density at radius 3 is 3.07 bits per heavy atom. The van der Waals surface area contributed by atoms with Gasteiger partial charge in [-0.3, -0.25) is 16.1 Å². The molecule has 1 heterocycles. The first-order valence-electron chi connectivity index (χ1n) is 4.07. The van der Waals surface area contributed by atoms with Gasteiger partial charge in [-0.1, -0.05) is 11.2 Å². The third kappa shape index (κ3) is 1.23. The SMILES string of the molecule is Cc1noc2cc(C(=N)NO)ccc12. The van der Waals surface area contributed by atoms with Gasteiger partial charge in [-0.15, -0.1) is 0 Å². The summed E-state index contributed by atoms with van der Waals surface area (Å²) in [7, 11) is 0. The second-order valence-corrected chi connectivity index (χ2v) is 2.97. The Morgan fingerprint density at radius 1 is 1.57 bits per heavy atom. The summed E-state index contributed by atoms with van der Waals surface area (Å²) in [5.74, 6) is -0.0686. The Morgan fingerprint density at radius 2 is 2.36 bits per heavy atom. The smallest absolute Gasteiger partial charge is 0.167 e. The minimum absolute atomic E-state index is 0.0686. The highest BCUT2D eigenvalue weighted by atomic mass is 16.5. The van der Waals surface area contributed by atoms with E-state index in [1.807, 2.05) is 13.0 Å². The lowest BCUT2D eigenvalue weighted by molar-refractivity contribution is 0.234. The molecule has 0 aliphatic rings. The highest BCUT2D eigenvalue weighted by Crippen LogP contribution is 2.18. The van der Waals surface area contributed by atoms with Crippen molar-refractivity contribution < 1.29 is 9.73 Å². The minimum Gasteiger partial charge on any atom is -0.356 e. The van der Waals surface area contributed by atoms with Crippen molar-refractivity contribution in [2.45, 2.75) is 6.92 Å². The molecule has 5 heteroatoms. The number of nitrogens with one attached hydrogen (secondary N) is 2. The Balaban J connectivity index is 2.57. The van der Waals surface area contributed by atoms with E-state index in [1.54, 1.807) is 17.6 Å². The standard InChI is InChI=1S/C9H9N3O2/c1-5-7-3-2-6(9(10)11-13)4-8(7)14-12-5/h2-4,13H,1H3,(H2,10,11). The lowest BCUT2D eigenvalue weighted by Gasteiger charge is -2.00. The monoisotopic (exact) mass is 191 g/mol. The number of hydrogen-bond acceptors (Lipinski definition) is 4. The van der Waals surface area contributed by atoms with E-state index in [0.29, 0.717) is 11.1 Å². The van der Waals surface area contributed by atoms with Crippen LogP contribution in [0.15, 0.2) is 22.7 Å². The molecular formula is C9H9N3O2. The van der Waals surface area contributed by atoms with E-state index in [-0.39, 0.29) is 5.84 Å². The summed E-state index contributed by atoms with van der Waals surface area (Å²) >= 11 is 0. The number of aryl methyl sites for hydroxylation is 1. The molecule has 1 aromatic heterocycles. The summed E-state index contributed by atoms with van der Waals surface area (Å²) in [4.78, 5) is 0. The average Bonchev–Trinajstić information content (AvgIpc) is 2.59. The van der Waals surface area contributed by atoms with Gasteiger partial charge in [0, 0.05) is 10.9 Å². The first kappa shape index (κ1) is 8.71. The molecule has 5 nitrogen and oxygen atoms in total. The minimum atomic E-state index is -0.0686. The lowest BCUT2D eigenvalue weighted by atomic mass is 10.1. The molecule has 72 valence electrons. The van der Waals surface area contributed by atoms with Crippen LogP contribution in [0, 0.1) is 12.3 Å². The van der Waals surface area contributed by atoms with Crippen LogP contribution in [0.5, 0.6) is 0 Å². The molecule has 0 aliphatic carbocycles. The van der Waals surface area contributed by atoms with Gasteiger partial charge in [0.25, 0.3) is 0 Å². The Kier molecular flexibility index (Phi) is 1.94. The fraction of sp³-hybridized carbons (Fsp3) is 0.111. The Bertz CT molecular complexity index is 490. The number of rotatable bonds is 1. The molecule has 0 radical (unpaired) electrons. The van der Waals surface area contributed by atoms with E-state index >= 15 is 0 Å². The maximum atomic E-state index is 8.54. The molecular weight excluding hydrogens is 182 g/mol. The van der Waals surface area contributed by atoms with Crippen LogP contribution in [0.25, 0.3) is 11.0 Å². The fourth-order valence-corrected chi connectivity index (χ4v) is 1.28. The van der Waals surface area contributed by atoms with Crippen molar-refractivity contribution in [3.63, 3.8) is 0 Å². The van der Waals surface area contributed by atoms with E-state index in [4.69, 9.17) is 15.1 Å². The largest absolute Gasteiger partial charge is 0.356 e. The van der Waals surface area contributed by atoms with E-state index in [2.05, 4.69) is 5.16 Å². The van der Waals surface area contributed by atoms with E-state index < -0.39 is 0 Å². The van der Waals surface area contributed by atoms with E-state index in [9.17, 15) is 0 Å². The zero-order valence-corrected chi connectivity index (χ0v) is 7.53. The molecule has 0 saturated carbocycles. The molecule has 2 aromatic rings. The summed E-state index contributed by atoms with van der Waals surface area (Å²) in [6, 6.07) is 5.18. The highest BCUT2D eigenvalue weighted by molar-refractivity contribution is 5.98. The van der Waals surface area contributed by atoms with E-state index in [1.165, 1.54) is 0 Å². The summed E-state index contributed by atoms with van der Waals surface area (Å²) < 4.78 is 5.03. The molecule has 0 atom stereocenters. The number of benzene rings is 1. The molecule has 2 rings (SSSR count). The number of hydrogen-bond donors (Lipinski definition) is 3. The second kappa shape index (κ2) is 3.12. The van der Waals surface area contributed by atoms with Crippen molar-refractivity contribution in [2.24, 2.45) is 0 Å². The van der Waals surface area contributed by atoms with Crippen LogP contribution < -0.4 is 5.48 Å². The topological polar surface area (TPSA) is 82.1 Å². The fourth-order valence-electron chi connectivity index (χ4n) is 1.28. The van der Waals surface area contributed by atoms with Crippen molar-refractivity contribution in [3.05, 3.63) is 29.5 Å². The van der Waals surface area contributed by atoms with Crippen molar-refractivity contribution in [2.75, 3.05) is 0 Å². The van der Waals surface area contributed by atoms with Crippen LogP contribution in [0.2, 0.25) is 0 Å². The molecule has 1 aromatic carbocycles.